The van der Waals surface area contributed by atoms with Crippen molar-refractivity contribution in [2.24, 2.45) is 0 Å². The van der Waals surface area contributed by atoms with E-state index in [9.17, 15) is 14.7 Å². The van der Waals surface area contributed by atoms with Crippen LogP contribution >= 0.6 is 0 Å². The molecule has 0 bridgehead atoms. The summed E-state index contributed by atoms with van der Waals surface area (Å²) in [7, 11) is 0. The van der Waals surface area contributed by atoms with Crippen LogP contribution in [0.4, 0.5) is 10.5 Å². The van der Waals surface area contributed by atoms with E-state index in [0.29, 0.717) is 12.2 Å². The van der Waals surface area contributed by atoms with Crippen molar-refractivity contribution in [3.63, 3.8) is 0 Å². The molecule has 224 valence electrons. The van der Waals surface area contributed by atoms with Gasteiger partial charge in [-0.15, -0.1) is 0 Å². The van der Waals surface area contributed by atoms with Crippen molar-refractivity contribution in [3.05, 3.63) is 83.4 Å². The van der Waals surface area contributed by atoms with E-state index >= 15 is 0 Å². The molecule has 1 fully saturated rings. The highest BCUT2D eigenvalue weighted by atomic mass is 16.3. The van der Waals surface area contributed by atoms with Crippen LogP contribution in [0.15, 0.2) is 60.9 Å². The van der Waals surface area contributed by atoms with Gasteiger partial charge in [0.2, 0.25) is 5.91 Å². The first kappa shape index (κ1) is 31.0. The van der Waals surface area contributed by atoms with E-state index in [2.05, 4.69) is 53.6 Å². The third-order valence-corrected chi connectivity index (χ3v) is 8.50. The molecule has 1 aromatic carbocycles. The monoisotopic (exact) mass is 571 g/mol. The van der Waals surface area contributed by atoms with Crippen molar-refractivity contribution in [2.45, 2.75) is 95.9 Å². The molecule has 4 N–H and O–H groups in total. The molecule has 3 amide bonds. The summed E-state index contributed by atoms with van der Waals surface area (Å²) in [5, 5.41) is 19.7. The van der Waals surface area contributed by atoms with Crippen molar-refractivity contribution in [1.82, 2.24) is 20.6 Å². The minimum atomic E-state index is -1.40. The van der Waals surface area contributed by atoms with Gasteiger partial charge in [-0.25, -0.2) is 4.79 Å². The summed E-state index contributed by atoms with van der Waals surface area (Å²) < 4.78 is 0. The second-order valence-corrected chi connectivity index (χ2v) is 12.4. The molecule has 8 heteroatoms. The van der Waals surface area contributed by atoms with Crippen LogP contribution in [-0.4, -0.2) is 39.1 Å². The largest absolute Gasteiger partial charge is 0.506 e. The molecule has 0 radical (unpaired) electrons. The molecule has 0 aliphatic heterocycles. The molecule has 8 nitrogen and oxygen atoms in total. The molecular weight excluding hydrogens is 526 g/mol. The van der Waals surface area contributed by atoms with Crippen LogP contribution in [0.5, 0.6) is 5.75 Å². The molecule has 1 aliphatic rings. The highest BCUT2D eigenvalue weighted by Crippen LogP contribution is 2.38. The van der Waals surface area contributed by atoms with Crippen molar-refractivity contribution in [2.75, 3.05) is 11.9 Å². The van der Waals surface area contributed by atoms with E-state index in [-0.39, 0.29) is 35.3 Å². The fourth-order valence-corrected chi connectivity index (χ4v) is 6.05. The smallest absolute Gasteiger partial charge is 0.320 e. The number of carbonyl (C=O) groups excluding carboxylic acids is 2. The van der Waals surface area contributed by atoms with Crippen LogP contribution in [-0.2, 0) is 16.6 Å². The van der Waals surface area contributed by atoms with E-state index < -0.39 is 11.6 Å². The summed E-state index contributed by atoms with van der Waals surface area (Å²) in [6, 6.07) is 14.6. The summed E-state index contributed by atoms with van der Waals surface area (Å²) >= 11 is 0. The summed E-state index contributed by atoms with van der Waals surface area (Å²) in [6.07, 6.45) is 8.54. The predicted octanol–water partition coefficient (Wildman–Crippen LogP) is 6.57. The van der Waals surface area contributed by atoms with E-state index in [4.69, 9.17) is 0 Å². The number of nitrogens with zero attached hydrogens (tertiary/aromatic N) is 2. The Morgan fingerprint density at radius 2 is 1.57 bits per heavy atom. The van der Waals surface area contributed by atoms with Gasteiger partial charge < -0.3 is 21.1 Å². The van der Waals surface area contributed by atoms with Crippen LogP contribution in [0.3, 0.4) is 0 Å². The van der Waals surface area contributed by atoms with Crippen molar-refractivity contribution < 1.29 is 14.7 Å². The Balaban J connectivity index is 1.62. The highest BCUT2D eigenvalue weighted by Gasteiger charge is 2.40. The molecule has 1 atom stereocenters. The van der Waals surface area contributed by atoms with Gasteiger partial charge in [0.15, 0.2) is 0 Å². The molecule has 2 aromatic heterocycles. The average Bonchev–Trinajstić information content (AvgIpc) is 2.97. The molecule has 4 rings (SSSR count). The summed E-state index contributed by atoms with van der Waals surface area (Å²) in [6.45, 7) is 10.4. The van der Waals surface area contributed by atoms with Crippen molar-refractivity contribution in [3.8, 4) is 5.75 Å². The number of hydrogen-bond donors (Lipinski definition) is 4. The lowest BCUT2D eigenvalue weighted by Gasteiger charge is -2.38. The Labute approximate surface area is 249 Å². The molecule has 42 heavy (non-hydrogen) atoms. The molecule has 2 heterocycles. The summed E-state index contributed by atoms with van der Waals surface area (Å²) in [5.74, 6) is 0.0166. The number of nitrogens with one attached hydrogen (secondary N) is 3. The van der Waals surface area contributed by atoms with Gasteiger partial charge in [-0.1, -0.05) is 71.2 Å². The number of benzene rings is 1. The van der Waals surface area contributed by atoms with Crippen LogP contribution in [0.25, 0.3) is 0 Å². The second kappa shape index (κ2) is 13.4. The van der Waals surface area contributed by atoms with Crippen molar-refractivity contribution >= 4 is 17.6 Å². The van der Waals surface area contributed by atoms with Crippen molar-refractivity contribution in [1.29, 1.82) is 0 Å². The number of amides is 3. The topological polar surface area (TPSA) is 116 Å². The zero-order valence-corrected chi connectivity index (χ0v) is 25.5. The normalized spacial score (nSPS) is 16.1. The Bertz CT molecular complexity index is 1340. The lowest BCUT2D eigenvalue weighted by molar-refractivity contribution is -0.127. The van der Waals surface area contributed by atoms with Gasteiger partial charge in [0.05, 0.1) is 5.69 Å². The van der Waals surface area contributed by atoms with Gasteiger partial charge in [-0.05, 0) is 67.0 Å². The van der Waals surface area contributed by atoms with E-state index in [1.165, 1.54) is 6.07 Å². The maximum absolute atomic E-state index is 14.1. The third kappa shape index (κ3) is 7.09. The molecule has 1 aliphatic carbocycles. The number of aromatic nitrogens is 2. The van der Waals surface area contributed by atoms with Crippen LogP contribution < -0.4 is 16.0 Å². The lowest BCUT2D eigenvalue weighted by atomic mass is 9.71. The number of pyridine rings is 2. The van der Waals surface area contributed by atoms with Gasteiger partial charge in [-0.3, -0.25) is 14.8 Å². The standard InChI is InChI=1S/C34H45N5O3/c1-23(2)25-13-11-14-26(24(3)4)30(25)38-32(42)39-33(5,21-27-28(40)15-12-20-35-27)31(41)37-22-34(17-8-6-9-18-34)29-16-7-10-19-36-29/h7,10-16,19-20,23-24,40H,6,8-9,17-18,21-22H2,1-5H3,(H,37,41)(H2,38,39,42). The fraction of sp³-hybridized carbons (Fsp3) is 0.471. The van der Waals surface area contributed by atoms with E-state index in [1.54, 1.807) is 25.4 Å². The zero-order valence-electron chi connectivity index (χ0n) is 25.5. The number of rotatable bonds is 10. The SMILES string of the molecule is CC(C)c1cccc(C(C)C)c1NC(=O)NC(C)(Cc1ncccc1O)C(=O)NCC1(c2ccccn2)CCCCC1. The van der Waals surface area contributed by atoms with Gasteiger partial charge in [0, 0.05) is 42.2 Å². The first-order valence-electron chi connectivity index (χ1n) is 15.1. The Morgan fingerprint density at radius 1 is 0.905 bits per heavy atom. The van der Waals surface area contributed by atoms with E-state index in [0.717, 1.165) is 54.6 Å². The van der Waals surface area contributed by atoms with Gasteiger partial charge in [0.25, 0.3) is 0 Å². The maximum atomic E-state index is 14.1. The summed E-state index contributed by atoms with van der Waals surface area (Å²) in [5.41, 5.74) is 2.46. The first-order chi connectivity index (χ1) is 20.0. The van der Waals surface area contributed by atoms with Gasteiger partial charge in [-0.2, -0.15) is 0 Å². The molecule has 1 unspecified atom stereocenters. The lowest BCUT2D eigenvalue weighted by Crippen LogP contribution is -2.60. The minimum Gasteiger partial charge on any atom is -0.506 e. The van der Waals surface area contributed by atoms with Gasteiger partial charge in [0.1, 0.15) is 11.3 Å². The number of anilines is 1. The fourth-order valence-electron chi connectivity index (χ4n) is 6.05. The Hall–Kier alpha value is -3.94. The third-order valence-electron chi connectivity index (χ3n) is 8.50. The predicted molar refractivity (Wildman–Crippen MR) is 167 cm³/mol. The van der Waals surface area contributed by atoms with Crippen LogP contribution in [0.1, 0.15) is 101 Å². The number of urea groups is 1. The number of aromatic hydroxyl groups is 1. The van der Waals surface area contributed by atoms with Crippen LogP contribution in [0.2, 0.25) is 0 Å². The number of para-hydroxylation sites is 1. The zero-order chi connectivity index (χ0) is 30.3. The molecule has 0 saturated heterocycles. The Kier molecular flexibility index (Phi) is 9.86. The first-order valence-corrected chi connectivity index (χ1v) is 15.1. The second-order valence-electron chi connectivity index (χ2n) is 12.4. The Morgan fingerprint density at radius 3 is 2.17 bits per heavy atom. The number of hydrogen-bond acceptors (Lipinski definition) is 5. The molecule has 1 saturated carbocycles. The minimum absolute atomic E-state index is 0.0123. The molecule has 3 aromatic rings. The molecule has 0 spiro atoms. The number of carbonyl (C=O) groups is 2. The quantitative estimate of drug-likeness (QED) is 0.220. The average molecular weight is 572 g/mol. The highest BCUT2D eigenvalue weighted by molar-refractivity contribution is 5.97. The molecular formula is C34H45N5O3. The van der Waals surface area contributed by atoms with Crippen LogP contribution in [0, 0.1) is 0 Å². The van der Waals surface area contributed by atoms with E-state index in [1.807, 2.05) is 36.4 Å². The maximum Gasteiger partial charge on any atom is 0.320 e. The summed E-state index contributed by atoms with van der Waals surface area (Å²) in [4.78, 5) is 36.7. The van der Waals surface area contributed by atoms with Gasteiger partial charge >= 0.3 is 6.03 Å².